The summed E-state index contributed by atoms with van der Waals surface area (Å²) in [5.41, 5.74) is 1.20. The molecule has 1 amide bonds. The number of carboxylic acids is 1. The molecule has 1 aliphatic heterocycles. The summed E-state index contributed by atoms with van der Waals surface area (Å²) in [6.07, 6.45) is 4.36. The van der Waals surface area contributed by atoms with Crippen LogP contribution in [0.4, 0.5) is 0 Å². The molecule has 1 saturated carbocycles. The molecule has 25 heavy (non-hydrogen) atoms. The smallest absolute Gasteiger partial charge is 0.306 e. The summed E-state index contributed by atoms with van der Waals surface area (Å²) in [5.74, 6) is -0.992. The van der Waals surface area contributed by atoms with Crippen molar-refractivity contribution in [2.45, 2.75) is 43.9 Å². The highest BCUT2D eigenvalue weighted by Crippen LogP contribution is 2.35. The highest BCUT2D eigenvalue weighted by atomic mass is 16.5. The fourth-order valence-electron chi connectivity index (χ4n) is 4.12. The standard InChI is InChI=1S/C20H27NO4/c22-18(15-6-8-16(9-7-15)19(23)24)21-14-20(10-12-25-13-11-20)17-4-2-1-3-5-17/h1-5,15-16H,6-14H2,(H,21,22)(H,23,24). The summed E-state index contributed by atoms with van der Waals surface area (Å²) in [5, 5.41) is 12.2. The number of carbonyl (C=O) groups excluding carboxylic acids is 1. The van der Waals surface area contributed by atoms with Crippen LogP contribution in [0, 0.1) is 11.8 Å². The molecule has 5 heteroatoms. The lowest BCUT2D eigenvalue weighted by atomic mass is 9.74. The number of carbonyl (C=O) groups is 2. The summed E-state index contributed by atoms with van der Waals surface area (Å²) in [6.45, 7) is 2.06. The van der Waals surface area contributed by atoms with Crippen LogP contribution in [-0.2, 0) is 19.7 Å². The zero-order valence-corrected chi connectivity index (χ0v) is 14.6. The molecule has 2 aliphatic rings. The topological polar surface area (TPSA) is 75.6 Å². The van der Waals surface area contributed by atoms with Gasteiger partial charge in [0.2, 0.25) is 5.91 Å². The third kappa shape index (κ3) is 4.21. The largest absolute Gasteiger partial charge is 0.481 e. The van der Waals surface area contributed by atoms with Gasteiger partial charge in [0, 0.05) is 31.1 Å². The SMILES string of the molecule is O=C(O)C1CCC(C(=O)NCC2(c3ccccc3)CCOCC2)CC1. The van der Waals surface area contributed by atoms with Gasteiger partial charge in [-0.1, -0.05) is 30.3 Å². The van der Waals surface area contributed by atoms with E-state index in [1.807, 2.05) is 18.2 Å². The lowest BCUT2D eigenvalue weighted by molar-refractivity contribution is -0.144. The van der Waals surface area contributed by atoms with Crippen LogP contribution in [0.2, 0.25) is 0 Å². The van der Waals surface area contributed by atoms with Gasteiger partial charge in [0.05, 0.1) is 5.92 Å². The third-order valence-corrected chi connectivity index (χ3v) is 5.88. The Labute approximate surface area is 148 Å². The van der Waals surface area contributed by atoms with Crippen LogP contribution in [0.5, 0.6) is 0 Å². The first-order chi connectivity index (χ1) is 12.1. The van der Waals surface area contributed by atoms with E-state index in [9.17, 15) is 9.59 Å². The van der Waals surface area contributed by atoms with Gasteiger partial charge in [-0.05, 0) is 44.1 Å². The minimum Gasteiger partial charge on any atom is -0.481 e. The van der Waals surface area contributed by atoms with Crippen molar-refractivity contribution in [1.29, 1.82) is 0 Å². The monoisotopic (exact) mass is 345 g/mol. The second kappa shape index (κ2) is 8.00. The Morgan fingerprint density at radius 1 is 1.04 bits per heavy atom. The number of amides is 1. The van der Waals surface area contributed by atoms with Gasteiger partial charge < -0.3 is 15.2 Å². The number of nitrogens with one attached hydrogen (secondary N) is 1. The predicted octanol–water partition coefficient (Wildman–Crippen LogP) is 2.74. The number of rotatable bonds is 5. The molecule has 136 valence electrons. The van der Waals surface area contributed by atoms with Crippen molar-refractivity contribution in [3.05, 3.63) is 35.9 Å². The van der Waals surface area contributed by atoms with Gasteiger partial charge in [0.25, 0.3) is 0 Å². The van der Waals surface area contributed by atoms with Gasteiger partial charge in [0.15, 0.2) is 0 Å². The van der Waals surface area contributed by atoms with Crippen LogP contribution < -0.4 is 5.32 Å². The molecule has 1 aromatic rings. The number of ether oxygens (including phenoxy) is 1. The summed E-state index contributed by atoms with van der Waals surface area (Å²) < 4.78 is 5.54. The average Bonchev–Trinajstić information content (AvgIpc) is 2.67. The maximum atomic E-state index is 12.6. The van der Waals surface area contributed by atoms with E-state index in [0.717, 1.165) is 12.8 Å². The maximum absolute atomic E-state index is 12.6. The number of hydrogen-bond donors (Lipinski definition) is 2. The molecule has 2 fully saturated rings. The normalized spacial score (nSPS) is 25.9. The highest BCUT2D eigenvalue weighted by Gasteiger charge is 2.36. The molecule has 2 N–H and O–H groups in total. The van der Waals surface area contributed by atoms with Crippen molar-refractivity contribution in [2.24, 2.45) is 11.8 Å². The molecule has 1 saturated heterocycles. The Bertz CT molecular complexity index is 587. The van der Waals surface area contributed by atoms with Gasteiger partial charge in [-0.25, -0.2) is 0 Å². The molecule has 0 unspecified atom stereocenters. The van der Waals surface area contributed by atoms with Crippen molar-refractivity contribution in [3.8, 4) is 0 Å². The summed E-state index contributed by atoms with van der Waals surface area (Å²) >= 11 is 0. The number of benzene rings is 1. The Morgan fingerprint density at radius 3 is 2.24 bits per heavy atom. The van der Waals surface area contributed by atoms with E-state index >= 15 is 0 Å². The molecule has 1 heterocycles. The molecule has 0 bridgehead atoms. The van der Waals surface area contributed by atoms with Gasteiger partial charge in [-0.15, -0.1) is 0 Å². The van der Waals surface area contributed by atoms with Gasteiger partial charge in [0.1, 0.15) is 0 Å². The van der Waals surface area contributed by atoms with Crippen molar-refractivity contribution in [2.75, 3.05) is 19.8 Å². The number of aliphatic carboxylic acids is 1. The molecular weight excluding hydrogens is 318 g/mol. The predicted molar refractivity (Wildman–Crippen MR) is 94.3 cm³/mol. The number of hydrogen-bond acceptors (Lipinski definition) is 3. The first-order valence-electron chi connectivity index (χ1n) is 9.24. The van der Waals surface area contributed by atoms with Crippen LogP contribution in [0.1, 0.15) is 44.1 Å². The first kappa shape index (κ1) is 17.9. The minimum absolute atomic E-state index is 0.0525. The van der Waals surface area contributed by atoms with E-state index in [1.165, 1.54) is 5.56 Å². The molecule has 1 aromatic carbocycles. The van der Waals surface area contributed by atoms with Crippen molar-refractivity contribution >= 4 is 11.9 Å². The van der Waals surface area contributed by atoms with Crippen LogP contribution in [0.3, 0.4) is 0 Å². The first-order valence-corrected chi connectivity index (χ1v) is 9.24. The molecule has 0 spiro atoms. The molecule has 0 atom stereocenters. The summed E-state index contributed by atoms with van der Waals surface area (Å²) in [4.78, 5) is 23.7. The molecule has 3 rings (SSSR count). The van der Waals surface area contributed by atoms with Crippen LogP contribution in [-0.4, -0.2) is 36.7 Å². The lowest BCUT2D eigenvalue weighted by Crippen LogP contribution is -2.46. The van der Waals surface area contributed by atoms with E-state index in [1.54, 1.807) is 0 Å². The minimum atomic E-state index is -0.732. The van der Waals surface area contributed by atoms with E-state index in [0.29, 0.717) is 45.4 Å². The second-order valence-electron chi connectivity index (χ2n) is 7.36. The lowest BCUT2D eigenvalue weighted by Gasteiger charge is -2.38. The Balaban J connectivity index is 1.60. The quantitative estimate of drug-likeness (QED) is 0.860. The van der Waals surface area contributed by atoms with E-state index in [-0.39, 0.29) is 23.2 Å². The molecular formula is C20H27NO4. The highest BCUT2D eigenvalue weighted by molar-refractivity contribution is 5.79. The Morgan fingerprint density at radius 2 is 1.64 bits per heavy atom. The Kier molecular flexibility index (Phi) is 5.74. The van der Waals surface area contributed by atoms with Gasteiger partial charge >= 0.3 is 5.97 Å². The summed E-state index contributed by atoms with van der Waals surface area (Å²) in [7, 11) is 0. The zero-order chi connectivity index (χ0) is 17.7. The summed E-state index contributed by atoms with van der Waals surface area (Å²) in [6, 6.07) is 10.4. The van der Waals surface area contributed by atoms with Gasteiger partial charge in [-0.2, -0.15) is 0 Å². The second-order valence-corrected chi connectivity index (χ2v) is 7.36. The third-order valence-electron chi connectivity index (χ3n) is 5.88. The average molecular weight is 345 g/mol. The van der Waals surface area contributed by atoms with Crippen LogP contribution >= 0.6 is 0 Å². The van der Waals surface area contributed by atoms with E-state index < -0.39 is 5.97 Å². The fraction of sp³-hybridized carbons (Fsp3) is 0.600. The number of carboxylic acid groups (broad SMARTS) is 1. The molecule has 1 aliphatic carbocycles. The maximum Gasteiger partial charge on any atom is 0.306 e. The van der Waals surface area contributed by atoms with Gasteiger partial charge in [-0.3, -0.25) is 9.59 Å². The van der Waals surface area contributed by atoms with E-state index in [2.05, 4.69) is 17.4 Å². The van der Waals surface area contributed by atoms with Crippen molar-refractivity contribution < 1.29 is 19.4 Å². The van der Waals surface area contributed by atoms with Crippen LogP contribution in [0.15, 0.2) is 30.3 Å². The zero-order valence-electron chi connectivity index (χ0n) is 14.6. The fourth-order valence-corrected chi connectivity index (χ4v) is 4.12. The van der Waals surface area contributed by atoms with Crippen LogP contribution in [0.25, 0.3) is 0 Å². The molecule has 0 radical (unpaired) electrons. The molecule has 5 nitrogen and oxygen atoms in total. The van der Waals surface area contributed by atoms with E-state index in [4.69, 9.17) is 9.84 Å². The van der Waals surface area contributed by atoms with Crippen molar-refractivity contribution in [1.82, 2.24) is 5.32 Å². The van der Waals surface area contributed by atoms with Crippen molar-refractivity contribution in [3.63, 3.8) is 0 Å². The Hall–Kier alpha value is -1.88. The molecule has 0 aromatic heterocycles.